The summed E-state index contributed by atoms with van der Waals surface area (Å²) in [6.07, 6.45) is 3.68. The summed E-state index contributed by atoms with van der Waals surface area (Å²) in [6.45, 7) is 0.678. The lowest BCUT2D eigenvalue weighted by molar-refractivity contribution is 0.0954. The third-order valence-electron chi connectivity index (χ3n) is 3.56. The number of thioether (sulfide) groups is 1. The topological polar surface area (TPSA) is 73.6 Å². The highest BCUT2D eigenvalue weighted by molar-refractivity contribution is 7.99. The fourth-order valence-electron chi connectivity index (χ4n) is 2.36. The lowest BCUT2D eigenvalue weighted by atomic mass is 10.1. The van der Waals surface area contributed by atoms with E-state index in [9.17, 15) is 4.79 Å². The number of methoxy groups -OCH3 is 2. The van der Waals surface area contributed by atoms with Crippen molar-refractivity contribution in [1.29, 1.82) is 0 Å². The molecule has 1 atom stereocenters. The molecule has 0 bridgehead atoms. The monoisotopic (exact) mass is 310 g/mol. The van der Waals surface area contributed by atoms with Crippen molar-refractivity contribution in [2.75, 3.05) is 32.3 Å². The molecule has 1 aliphatic rings. The minimum Gasteiger partial charge on any atom is -0.493 e. The summed E-state index contributed by atoms with van der Waals surface area (Å²) in [5.41, 5.74) is 6.74. The summed E-state index contributed by atoms with van der Waals surface area (Å²) in [5, 5.41) is 3.47. The van der Waals surface area contributed by atoms with Crippen LogP contribution in [0, 0.1) is 0 Å². The summed E-state index contributed by atoms with van der Waals surface area (Å²) >= 11 is 1.93. The van der Waals surface area contributed by atoms with Gasteiger partial charge in [0.15, 0.2) is 11.5 Å². The number of carbonyl (C=O) groups excluding carboxylic acids is 1. The van der Waals surface area contributed by atoms with E-state index in [1.54, 1.807) is 12.1 Å². The zero-order valence-corrected chi connectivity index (χ0v) is 13.3. The van der Waals surface area contributed by atoms with Crippen molar-refractivity contribution < 1.29 is 14.3 Å². The van der Waals surface area contributed by atoms with Crippen molar-refractivity contribution in [2.24, 2.45) is 0 Å². The third kappa shape index (κ3) is 3.97. The van der Waals surface area contributed by atoms with E-state index in [2.05, 4.69) is 5.32 Å². The number of benzene rings is 1. The van der Waals surface area contributed by atoms with Crippen molar-refractivity contribution in [1.82, 2.24) is 5.32 Å². The molecular formula is C15H22N2O3S. The van der Waals surface area contributed by atoms with Crippen LogP contribution in [0.4, 0.5) is 5.69 Å². The Balaban J connectivity index is 2.04. The predicted octanol–water partition coefficient (Wildman–Crippen LogP) is 2.30. The normalized spacial score (nSPS) is 18.1. The van der Waals surface area contributed by atoms with E-state index in [0.717, 1.165) is 6.42 Å². The molecule has 21 heavy (non-hydrogen) atoms. The molecule has 1 unspecified atom stereocenters. The second-order valence-electron chi connectivity index (χ2n) is 4.99. The molecule has 1 heterocycles. The highest BCUT2D eigenvalue weighted by Gasteiger charge is 2.18. The Kier molecular flexibility index (Phi) is 5.61. The molecule has 116 valence electrons. The first kappa shape index (κ1) is 15.8. The van der Waals surface area contributed by atoms with Crippen LogP contribution < -0.4 is 20.5 Å². The van der Waals surface area contributed by atoms with E-state index in [1.165, 1.54) is 32.8 Å². The molecule has 1 aromatic carbocycles. The molecular weight excluding hydrogens is 288 g/mol. The van der Waals surface area contributed by atoms with E-state index >= 15 is 0 Å². The number of carbonyl (C=O) groups is 1. The van der Waals surface area contributed by atoms with Gasteiger partial charge in [-0.1, -0.05) is 6.42 Å². The summed E-state index contributed by atoms with van der Waals surface area (Å²) in [4.78, 5) is 12.3. The van der Waals surface area contributed by atoms with Gasteiger partial charge in [0.25, 0.3) is 5.91 Å². The average Bonchev–Trinajstić information content (AvgIpc) is 2.53. The SMILES string of the molecule is COc1cc(N)c(C(=O)NCC2CCCCS2)cc1OC. The summed E-state index contributed by atoms with van der Waals surface area (Å²) in [5.74, 6) is 2.04. The molecule has 0 aromatic heterocycles. The number of nitrogens with one attached hydrogen (secondary N) is 1. The van der Waals surface area contributed by atoms with Crippen molar-refractivity contribution in [3.63, 3.8) is 0 Å². The minimum absolute atomic E-state index is 0.167. The Morgan fingerprint density at radius 3 is 2.67 bits per heavy atom. The number of anilines is 1. The first-order valence-electron chi connectivity index (χ1n) is 7.07. The van der Waals surface area contributed by atoms with Crippen LogP contribution in [-0.2, 0) is 0 Å². The van der Waals surface area contributed by atoms with Crippen molar-refractivity contribution in [2.45, 2.75) is 24.5 Å². The number of hydrogen-bond donors (Lipinski definition) is 2. The molecule has 1 saturated heterocycles. The average molecular weight is 310 g/mol. The van der Waals surface area contributed by atoms with Crippen LogP contribution in [0.15, 0.2) is 12.1 Å². The van der Waals surface area contributed by atoms with Gasteiger partial charge in [0, 0.05) is 23.5 Å². The number of amides is 1. The van der Waals surface area contributed by atoms with Gasteiger partial charge in [-0.05, 0) is 24.7 Å². The first-order chi connectivity index (χ1) is 10.2. The molecule has 6 heteroatoms. The summed E-state index contributed by atoms with van der Waals surface area (Å²) in [7, 11) is 3.08. The summed E-state index contributed by atoms with van der Waals surface area (Å²) < 4.78 is 10.4. The Bertz CT molecular complexity index is 502. The van der Waals surface area contributed by atoms with Gasteiger partial charge in [-0.15, -0.1) is 0 Å². The standard InChI is InChI=1S/C15H22N2O3S/c1-19-13-7-11(12(16)8-14(13)20-2)15(18)17-9-10-5-3-4-6-21-10/h7-8,10H,3-6,9,16H2,1-2H3,(H,17,18). The van der Waals surface area contributed by atoms with Crippen LogP contribution in [-0.4, -0.2) is 37.7 Å². The number of rotatable bonds is 5. The maximum atomic E-state index is 12.3. The number of nitrogen functional groups attached to an aromatic ring is 1. The van der Waals surface area contributed by atoms with Gasteiger partial charge in [-0.2, -0.15) is 11.8 Å². The third-order valence-corrected chi connectivity index (χ3v) is 4.96. The van der Waals surface area contributed by atoms with Crippen LogP contribution in [0.2, 0.25) is 0 Å². The largest absolute Gasteiger partial charge is 0.493 e. The Labute approximate surface area is 129 Å². The second kappa shape index (κ2) is 7.45. The van der Waals surface area contributed by atoms with Crippen LogP contribution >= 0.6 is 11.8 Å². The Morgan fingerprint density at radius 1 is 1.33 bits per heavy atom. The number of hydrogen-bond acceptors (Lipinski definition) is 5. The maximum Gasteiger partial charge on any atom is 0.253 e. The van der Waals surface area contributed by atoms with Gasteiger partial charge < -0.3 is 20.5 Å². The molecule has 5 nitrogen and oxygen atoms in total. The van der Waals surface area contributed by atoms with Crippen LogP contribution in [0.25, 0.3) is 0 Å². The van der Waals surface area contributed by atoms with Gasteiger partial charge in [0.1, 0.15) is 0 Å². The minimum atomic E-state index is -0.167. The Hall–Kier alpha value is -1.56. The lowest BCUT2D eigenvalue weighted by Crippen LogP contribution is -2.32. The van der Waals surface area contributed by atoms with Gasteiger partial charge in [-0.25, -0.2) is 0 Å². The van der Waals surface area contributed by atoms with Crippen LogP contribution in [0.5, 0.6) is 11.5 Å². The van der Waals surface area contributed by atoms with Gasteiger partial charge in [0.2, 0.25) is 0 Å². The maximum absolute atomic E-state index is 12.3. The van der Waals surface area contributed by atoms with Gasteiger partial charge in [0.05, 0.1) is 19.8 Å². The van der Waals surface area contributed by atoms with E-state index in [1.807, 2.05) is 11.8 Å². The van der Waals surface area contributed by atoms with Crippen LogP contribution in [0.1, 0.15) is 29.6 Å². The van der Waals surface area contributed by atoms with E-state index in [-0.39, 0.29) is 5.91 Å². The molecule has 1 aliphatic heterocycles. The molecule has 0 radical (unpaired) electrons. The fourth-order valence-corrected chi connectivity index (χ4v) is 3.60. The van der Waals surface area contributed by atoms with Crippen molar-refractivity contribution in [3.8, 4) is 11.5 Å². The highest BCUT2D eigenvalue weighted by Crippen LogP contribution is 2.32. The van der Waals surface area contributed by atoms with Crippen LogP contribution in [0.3, 0.4) is 0 Å². The molecule has 1 aromatic rings. The number of nitrogens with two attached hydrogens (primary N) is 1. The van der Waals surface area contributed by atoms with E-state index in [4.69, 9.17) is 15.2 Å². The lowest BCUT2D eigenvalue weighted by Gasteiger charge is -2.21. The molecule has 3 N–H and O–H groups in total. The molecule has 1 amide bonds. The fraction of sp³-hybridized carbons (Fsp3) is 0.533. The van der Waals surface area contributed by atoms with E-state index < -0.39 is 0 Å². The van der Waals surface area contributed by atoms with Crippen molar-refractivity contribution >= 4 is 23.4 Å². The zero-order chi connectivity index (χ0) is 15.2. The van der Waals surface area contributed by atoms with Gasteiger partial charge >= 0.3 is 0 Å². The second-order valence-corrected chi connectivity index (χ2v) is 6.40. The predicted molar refractivity (Wildman–Crippen MR) is 86.4 cm³/mol. The van der Waals surface area contributed by atoms with Crippen molar-refractivity contribution in [3.05, 3.63) is 17.7 Å². The molecule has 2 rings (SSSR count). The Morgan fingerprint density at radius 2 is 2.05 bits per heavy atom. The molecule has 1 fully saturated rings. The highest BCUT2D eigenvalue weighted by atomic mass is 32.2. The smallest absolute Gasteiger partial charge is 0.253 e. The molecule has 0 spiro atoms. The zero-order valence-electron chi connectivity index (χ0n) is 12.5. The first-order valence-corrected chi connectivity index (χ1v) is 8.12. The molecule has 0 saturated carbocycles. The summed E-state index contributed by atoms with van der Waals surface area (Å²) in [6, 6.07) is 3.24. The quantitative estimate of drug-likeness (QED) is 0.816. The number of ether oxygens (including phenoxy) is 2. The molecule has 0 aliphatic carbocycles. The van der Waals surface area contributed by atoms with Gasteiger partial charge in [-0.3, -0.25) is 4.79 Å². The van der Waals surface area contributed by atoms with E-state index in [0.29, 0.717) is 34.5 Å².